The van der Waals surface area contributed by atoms with Crippen molar-refractivity contribution in [1.82, 2.24) is 10.2 Å². The zero-order valence-corrected chi connectivity index (χ0v) is 12.3. The number of benzene rings is 1. The van der Waals surface area contributed by atoms with Gasteiger partial charge in [-0.3, -0.25) is 4.79 Å². The smallest absolute Gasteiger partial charge is 0.244 e. The largest absolute Gasteiger partial charge is 0.375 e. The van der Waals surface area contributed by atoms with Crippen LogP contribution < -0.4 is 10.6 Å². The van der Waals surface area contributed by atoms with Crippen molar-refractivity contribution in [3.63, 3.8) is 0 Å². The standard InChI is InChI=1S/C15H23N3O2/c1-11-14(16-7-8-20-11)15(19)17-13-6-4-5-12(9-13)10-18(2)3/h4-6,9,11,14,16H,7-8,10H2,1-3H3,(H,17,19)/t11-,14+/m1/s1. The van der Waals surface area contributed by atoms with Gasteiger partial charge in [0.25, 0.3) is 0 Å². The van der Waals surface area contributed by atoms with E-state index < -0.39 is 0 Å². The van der Waals surface area contributed by atoms with Crippen molar-refractivity contribution in [2.45, 2.75) is 25.6 Å². The summed E-state index contributed by atoms with van der Waals surface area (Å²) in [5.41, 5.74) is 2.00. The summed E-state index contributed by atoms with van der Waals surface area (Å²) >= 11 is 0. The number of anilines is 1. The van der Waals surface area contributed by atoms with Crippen LogP contribution in [0, 0.1) is 0 Å². The number of hydrogen-bond donors (Lipinski definition) is 2. The van der Waals surface area contributed by atoms with Gasteiger partial charge in [0.15, 0.2) is 0 Å². The highest BCUT2D eigenvalue weighted by atomic mass is 16.5. The van der Waals surface area contributed by atoms with E-state index in [1.165, 1.54) is 5.56 Å². The van der Waals surface area contributed by atoms with Crippen molar-refractivity contribution in [1.29, 1.82) is 0 Å². The maximum Gasteiger partial charge on any atom is 0.244 e. The third-order valence-electron chi connectivity index (χ3n) is 3.29. The van der Waals surface area contributed by atoms with Crippen LogP contribution in [0.4, 0.5) is 5.69 Å². The van der Waals surface area contributed by atoms with Crippen LogP contribution in [0.15, 0.2) is 24.3 Å². The van der Waals surface area contributed by atoms with Gasteiger partial charge in [-0.1, -0.05) is 12.1 Å². The van der Waals surface area contributed by atoms with Crippen LogP contribution in [0.5, 0.6) is 0 Å². The number of amides is 1. The Balaban J connectivity index is 2.00. The molecule has 0 unspecified atom stereocenters. The van der Waals surface area contributed by atoms with Gasteiger partial charge in [-0.2, -0.15) is 0 Å². The quantitative estimate of drug-likeness (QED) is 0.864. The average molecular weight is 277 g/mol. The summed E-state index contributed by atoms with van der Waals surface area (Å²) in [4.78, 5) is 14.3. The first-order chi connectivity index (χ1) is 9.56. The van der Waals surface area contributed by atoms with Crippen LogP contribution in [0.25, 0.3) is 0 Å². The number of ether oxygens (including phenoxy) is 1. The van der Waals surface area contributed by atoms with Crippen LogP contribution in [-0.4, -0.2) is 50.2 Å². The molecule has 1 heterocycles. The molecule has 2 atom stereocenters. The predicted molar refractivity (Wildman–Crippen MR) is 79.7 cm³/mol. The molecule has 0 bridgehead atoms. The Morgan fingerprint density at radius 1 is 1.50 bits per heavy atom. The molecule has 1 saturated heterocycles. The molecule has 0 saturated carbocycles. The lowest BCUT2D eigenvalue weighted by Crippen LogP contribution is -2.53. The summed E-state index contributed by atoms with van der Waals surface area (Å²) < 4.78 is 5.50. The van der Waals surface area contributed by atoms with Crippen LogP contribution >= 0.6 is 0 Å². The second-order valence-electron chi connectivity index (χ2n) is 5.44. The first-order valence-electron chi connectivity index (χ1n) is 6.96. The highest BCUT2D eigenvalue weighted by Gasteiger charge is 2.28. The third kappa shape index (κ3) is 4.03. The molecule has 5 heteroatoms. The molecule has 1 aliphatic rings. The summed E-state index contributed by atoms with van der Waals surface area (Å²) in [5.74, 6) is -0.0424. The number of nitrogens with one attached hydrogen (secondary N) is 2. The maximum atomic E-state index is 12.2. The number of nitrogens with zero attached hydrogens (tertiary/aromatic N) is 1. The topological polar surface area (TPSA) is 53.6 Å². The van der Waals surface area contributed by atoms with Gasteiger partial charge in [0.05, 0.1) is 12.7 Å². The van der Waals surface area contributed by atoms with E-state index in [0.717, 1.165) is 12.2 Å². The Morgan fingerprint density at radius 3 is 3.00 bits per heavy atom. The molecule has 0 radical (unpaired) electrons. The van der Waals surface area contributed by atoms with E-state index >= 15 is 0 Å². The lowest BCUT2D eigenvalue weighted by molar-refractivity contribution is -0.123. The first-order valence-corrected chi connectivity index (χ1v) is 6.96. The Kier molecular flexibility index (Phi) is 5.11. The first kappa shape index (κ1) is 15.0. The predicted octanol–water partition coefficient (Wildman–Crippen LogP) is 1.06. The van der Waals surface area contributed by atoms with Gasteiger partial charge >= 0.3 is 0 Å². The normalized spacial score (nSPS) is 22.8. The molecule has 110 valence electrons. The molecule has 1 aromatic rings. The van der Waals surface area contributed by atoms with E-state index in [-0.39, 0.29) is 18.1 Å². The van der Waals surface area contributed by atoms with E-state index in [1.807, 2.05) is 39.2 Å². The van der Waals surface area contributed by atoms with E-state index in [9.17, 15) is 4.79 Å². The molecule has 1 fully saturated rings. The number of carbonyl (C=O) groups excluding carboxylic acids is 1. The lowest BCUT2D eigenvalue weighted by Gasteiger charge is -2.29. The van der Waals surface area contributed by atoms with Gasteiger partial charge in [0, 0.05) is 18.8 Å². The Labute approximate surface area is 120 Å². The molecule has 0 aliphatic carbocycles. The fourth-order valence-electron chi connectivity index (χ4n) is 2.36. The summed E-state index contributed by atoms with van der Waals surface area (Å²) in [6, 6.07) is 7.64. The molecule has 1 amide bonds. The zero-order chi connectivity index (χ0) is 14.5. The van der Waals surface area contributed by atoms with Gasteiger partial charge in [-0.15, -0.1) is 0 Å². The molecular formula is C15H23N3O2. The lowest BCUT2D eigenvalue weighted by atomic mass is 10.1. The minimum absolute atomic E-state index is 0.0424. The van der Waals surface area contributed by atoms with Crippen LogP contribution in [0.3, 0.4) is 0 Å². The number of morpholine rings is 1. The fourth-order valence-corrected chi connectivity index (χ4v) is 2.36. The molecule has 2 N–H and O–H groups in total. The minimum Gasteiger partial charge on any atom is -0.375 e. The maximum absolute atomic E-state index is 12.2. The third-order valence-corrected chi connectivity index (χ3v) is 3.29. The van der Waals surface area contributed by atoms with Crippen molar-refractivity contribution in [2.75, 3.05) is 32.6 Å². The van der Waals surface area contributed by atoms with Crippen LogP contribution in [-0.2, 0) is 16.1 Å². The van der Waals surface area contributed by atoms with Gasteiger partial charge < -0.3 is 20.3 Å². The van der Waals surface area contributed by atoms with Gasteiger partial charge in [0.1, 0.15) is 6.04 Å². The van der Waals surface area contributed by atoms with Crippen molar-refractivity contribution in [2.24, 2.45) is 0 Å². The van der Waals surface area contributed by atoms with E-state index in [4.69, 9.17) is 4.74 Å². The second-order valence-corrected chi connectivity index (χ2v) is 5.44. The molecule has 2 rings (SSSR count). The van der Waals surface area contributed by atoms with E-state index in [0.29, 0.717) is 13.2 Å². The summed E-state index contributed by atoms with van der Waals surface area (Å²) in [6.07, 6.45) is -0.103. The van der Waals surface area contributed by atoms with Gasteiger partial charge in [-0.05, 0) is 38.7 Å². The molecule has 1 aliphatic heterocycles. The summed E-state index contributed by atoms with van der Waals surface area (Å²) in [5, 5.41) is 6.15. The van der Waals surface area contributed by atoms with Gasteiger partial charge in [0.2, 0.25) is 5.91 Å². The molecule has 0 aromatic heterocycles. The van der Waals surface area contributed by atoms with E-state index in [1.54, 1.807) is 0 Å². The Bertz CT molecular complexity index is 462. The fraction of sp³-hybridized carbons (Fsp3) is 0.533. The molecule has 5 nitrogen and oxygen atoms in total. The van der Waals surface area contributed by atoms with Crippen molar-refractivity contribution >= 4 is 11.6 Å². The zero-order valence-electron chi connectivity index (χ0n) is 12.3. The highest BCUT2D eigenvalue weighted by Crippen LogP contribution is 2.13. The van der Waals surface area contributed by atoms with E-state index in [2.05, 4.69) is 21.6 Å². The van der Waals surface area contributed by atoms with Gasteiger partial charge in [-0.25, -0.2) is 0 Å². The van der Waals surface area contributed by atoms with Crippen molar-refractivity contribution < 1.29 is 9.53 Å². The van der Waals surface area contributed by atoms with Crippen LogP contribution in [0.1, 0.15) is 12.5 Å². The number of carbonyl (C=O) groups is 1. The molecule has 1 aromatic carbocycles. The summed E-state index contributed by atoms with van der Waals surface area (Å²) in [6.45, 7) is 4.14. The average Bonchev–Trinajstić information content (AvgIpc) is 2.38. The SMILES string of the molecule is C[C@H]1OCCN[C@@H]1C(=O)Nc1cccc(CN(C)C)c1. The molecule has 0 spiro atoms. The Hall–Kier alpha value is -1.43. The summed E-state index contributed by atoms with van der Waals surface area (Å²) in [7, 11) is 4.05. The number of rotatable bonds is 4. The minimum atomic E-state index is -0.291. The second kappa shape index (κ2) is 6.83. The number of hydrogen-bond acceptors (Lipinski definition) is 4. The molecular weight excluding hydrogens is 254 g/mol. The van der Waals surface area contributed by atoms with Crippen LogP contribution in [0.2, 0.25) is 0 Å². The van der Waals surface area contributed by atoms with Crippen molar-refractivity contribution in [3.05, 3.63) is 29.8 Å². The highest BCUT2D eigenvalue weighted by molar-refractivity contribution is 5.95. The Morgan fingerprint density at radius 2 is 2.30 bits per heavy atom. The van der Waals surface area contributed by atoms with Crippen molar-refractivity contribution in [3.8, 4) is 0 Å². The monoisotopic (exact) mass is 277 g/mol. The molecule has 20 heavy (non-hydrogen) atoms.